The molecule has 1 unspecified atom stereocenters. The summed E-state index contributed by atoms with van der Waals surface area (Å²) in [4.78, 5) is 0. The fourth-order valence-corrected chi connectivity index (χ4v) is 3.66. The van der Waals surface area contributed by atoms with Gasteiger partial charge in [0.2, 0.25) is 0 Å². The molecule has 0 aliphatic heterocycles. The number of hydrogen-bond donors (Lipinski definition) is 2. The van der Waals surface area contributed by atoms with Crippen molar-refractivity contribution in [2.45, 2.75) is 18.9 Å². The topological polar surface area (TPSA) is 32.3 Å². The van der Waals surface area contributed by atoms with Crippen LogP contribution in [0.3, 0.4) is 0 Å². The minimum Gasteiger partial charge on any atom is -0.385 e. The number of rotatable bonds is 4. The van der Waals surface area contributed by atoms with Crippen LogP contribution in [0.25, 0.3) is 20.2 Å². The van der Waals surface area contributed by atoms with Crippen molar-refractivity contribution in [3.05, 3.63) is 48.0 Å². The van der Waals surface area contributed by atoms with Gasteiger partial charge in [-0.05, 0) is 50.7 Å². The number of thiophene rings is 1. The van der Waals surface area contributed by atoms with Gasteiger partial charge in [-0.1, -0.05) is 24.3 Å². The Morgan fingerprint density at radius 1 is 1.10 bits per heavy atom. The molecule has 20 heavy (non-hydrogen) atoms. The molecule has 104 valence electrons. The standard InChI is InChI=1S/C17H19NOS/c1-17(19,9-10-18-2)12-7-8-16-14(11-12)13-5-3-4-6-15(13)20-16/h3-8,11,18-19H,9-10H2,1-2H3. The van der Waals surface area contributed by atoms with Crippen LogP contribution in [0.5, 0.6) is 0 Å². The van der Waals surface area contributed by atoms with Crippen LogP contribution in [0, 0.1) is 0 Å². The van der Waals surface area contributed by atoms with E-state index in [0.717, 1.165) is 12.1 Å². The smallest absolute Gasteiger partial charge is 0.0880 e. The van der Waals surface area contributed by atoms with Crippen LogP contribution in [-0.4, -0.2) is 18.7 Å². The number of aliphatic hydroxyl groups is 1. The molecule has 0 bridgehead atoms. The average molecular weight is 285 g/mol. The lowest BCUT2D eigenvalue weighted by Crippen LogP contribution is -2.26. The number of benzene rings is 2. The summed E-state index contributed by atoms with van der Waals surface area (Å²) in [6, 6.07) is 14.8. The molecule has 0 radical (unpaired) electrons. The molecule has 3 aromatic rings. The lowest BCUT2D eigenvalue weighted by Gasteiger charge is -2.24. The van der Waals surface area contributed by atoms with Gasteiger partial charge in [-0.3, -0.25) is 0 Å². The van der Waals surface area contributed by atoms with Gasteiger partial charge in [0.15, 0.2) is 0 Å². The maximum Gasteiger partial charge on any atom is 0.0880 e. The zero-order valence-corrected chi connectivity index (χ0v) is 12.6. The van der Waals surface area contributed by atoms with Gasteiger partial charge in [0.1, 0.15) is 0 Å². The van der Waals surface area contributed by atoms with Crippen molar-refractivity contribution in [2.24, 2.45) is 0 Å². The summed E-state index contributed by atoms with van der Waals surface area (Å²) >= 11 is 1.80. The van der Waals surface area contributed by atoms with Gasteiger partial charge in [-0.25, -0.2) is 0 Å². The van der Waals surface area contributed by atoms with E-state index < -0.39 is 5.60 Å². The number of fused-ring (bicyclic) bond motifs is 3. The maximum atomic E-state index is 10.6. The summed E-state index contributed by atoms with van der Waals surface area (Å²) in [6.07, 6.45) is 0.705. The Labute approximate surface area is 123 Å². The second kappa shape index (κ2) is 5.17. The third kappa shape index (κ3) is 2.33. The first-order valence-corrected chi connectivity index (χ1v) is 7.72. The van der Waals surface area contributed by atoms with E-state index in [0.29, 0.717) is 6.42 Å². The summed E-state index contributed by atoms with van der Waals surface area (Å²) in [6.45, 7) is 2.69. The van der Waals surface area contributed by atoms with E-state index >= 15 is 0 Å². The summed E-state index contributed by atoms with van der Waals surface area (Å²) in [5.74, 6) is 0. The van der Waals surface area contributed by atoms with Crippen molar-refractivity contribution < 1.29 is 5.11 Å². The molecule has 0 aliphatic carbocycles. The van der Waals surface area contributed by atoms with Gasteiger partial charge in [-0.15, -0.1) is 11.3 Å². The van der Waals surface area contributed by atoms with Crippen LogP contribution in [-0.2, 0) is 5.60 Å². The molecular weight excluding hydrogens is 266 g/mol. The van der Waals surface area contributed by atoms with E-state index in [4.69, 9.17) is 0 Å². The van der Waals surface area contributed by atoms with Gasteiger partial charge in [0.25, 0.3) is 0 Å². The quantitative estimate of drug-likeness (QED) is 0.762. The SMILES string of the molecule is CNCCC(C)(O)c1ccc2sc3ccccc3c2c1. The first-order chi connectivity index (χ1) is 9.62. The van der Waals surface area contributed by atoms with Gasteiger partial charge < -0.3 is 10.4 Å². The molecule has 0 aliphatic rings. The summed E-state index contributed by atoms with van der Waals surface area (Å²) in [5, 5.41) is 16.3. The van der Waals surface area contributed by atoms with E-state index in [-0.39, 0.29) is 0 Å². The monoisotopic (exact) mass is 285 g/mol. The Morgan fingerprint density at radius 3 is 2.65 bits per heavy atom. The maximum absolute atomic E-state index is 10.6. The molecule has 2 aromatic carbocycles. The second-order valence-corrected chi connectivity index (χ2v) is 6.52. The Morgan fingerprint density at radius 2 is 1.85 bits per heavy atom. The van der Waals surface area contributed by atoms with Crippen LogP contribution in [0.4, 0.5) is 0 Å². The molecule has 2 nitrogen and oxygen atoms in total. The van der Waals surface area contributed by atoms with E-state index in [1.54, 1.807) is 11.3 Å². The van der Waals surface area contributed by atoms with Crippen molar-refractivity contribution in [1.29, 1.82) is 0 Å². The predicted molar refractivity (Wildman–Crippen MR) is 87.4 cm³/mol. The molecule has 0 saturated carbocycles. The largest absolute Gasteiger partial charge is 0.385 e. The van der Waals surface area contributed by atoms with E-state index in [1.807, 2.05) is 20.0 Å². The molecule has 0 amide bonds. The Kier molecular flexibility index (Phi) is 3.50. The van der Waals surface area contributed by atoms with Crippen LogP contribution in [0.15, 0.2) is 42.5 Å². The number of nitrogens with one attached hydrogen (secondary N) is 1. The van der Waals surface area contributed by atoms with Gasteiger partial charge in [0, 0.05) is 20.2 Å². The van der Waals surface area contributed by atoms with E-state index in [9.17, 15) is 5.11 Å². The van der Waals surface area contributed by atoms with Crippen LogP contribution < -0.4 is 5.32 Å². The lowest BCUT2D eigenvalue weighted by atomic mass is 9.91. The molecule has 2 N–H and O–H groups in total. The van der Waals surface area contributed by atoms with Crippen LogP contribution >= 0.6 is 11.3 Å². The molecule has 1 atom stereocenters. The molecule has 1 heterocycles. The molecule has 0 spiro atoms. The zero-order chi connectivity index (χ0) is 14.2. The van der Waals surface area contributed by atoms with Crippen molar-refractivity contribution in [3.8, 4) is 0 Å². The Balaban J connectivity index is 2.12. The van der Waals surface area contributed by atoms with E-state index in [1.165, 1.54) is 20.2 Å². The molecule has 3 heteroatoms. The predicted octanol–water partition coefficient (Wildman–Crippen LogP) is 3.87. The molecule has 0 saturated heterocycles. The Bertz CT molecular complexity index is 745. The van der Waals surface area contributed by atoms with Crippen molar-refractivity contribution in [2.75, 3.05) is 13.6 Å². The highest BCUT2D eigenvalue weighted by Gasteiger charge is 2.23. The first-order valence-electron chi connectivity index (χ1n) is 6.90. The van der Waals surface area contributed by atoms with Crippen molar-refractivity contribution in [3.63, 3.8) is 0 Å². The minimum atomic E-state index is -0.791. The second-order valence-electron chi connectivity index (χ2n) is 5.44. The third-order valence-corrected chi connectivity index (χ3v) is 5.01. The number of hydrogen-bond acceptors (Lipinski definition) is 3. The van der Waals surface area contributed by atoms with Gasteiger partial charge >= 0.3 is 0 Å². The van der Waals surface area contributed by atoms with Gasteiger partial charge in [-0.2, -0.15) is 0 Å². The molecule has 0 fully saturated rings. The van der Waals surface area contributed by atoms with Crippen LogP contribution in [0.1, 0.15) is 18.9 Å². The molecule has 1 aromatic heterocycles. The molecular formula is C17H19NOS. The van der Waals surface area contributed by atoms with Crippen molar-refractivity contribution >= 4 is 31.5 Å². The summed E-state index contributed by atoms with van der Waals surface area (Å²) in [5.41, 5.74) is 0.198. The van der Waals surface area contributed by atoms with Crippen molar-refractivity contribution in [1.82, 2.24) is 5.32 Å². The Hall–Kier alpha value is -1.42. The van der Waals surface area contributed by atoms with Crippen LogP contribution in [0.2, 0.25) is 0 Å². The fourth-order valence-electron chi connectivity index (χ4n) is 2.57. The minimum absolute atomic E-state index is 0.705. The lowest BCUT2D eigenvalue weighted by molar-refractivity contribution is 0.0487. The fraction of sp³-hybridized carbons (Fsp3) is 0.294. The summed E-state index contributed by atoms with van der Waals surface area (Å²) < 4.78 is 2.58. The van der Waals surface area contributed by atoms with Gasteiger partial charge in [0.05, 0.1) is 5.60 Å². The highest BCUT2D eigenvalue weighted by Crippen LogP contribution is 2.36. The van der Waals surface area contributed by atoms with E-state index in [2.05, 4.69) is 41.7 Å². The highest BCUT2D eigenvalue weighted by molar-refractivity contribution is 7.25. The zero-order valence-electron chi connectivity index (χ0n) is 11.8. The third-order valence-electron chi connectivity index (χ3n) is 3.86. The summed E-state index contributed by atoms with van der Waals surface area (Å²) in [7, 11) is 1.91. The first kappa shape index (κ1) is 13.6. The molecule has 3 rings (SSSR count). The highest BCUT2D eigenvalue weighted by atomic mass is 32.1. The normalized spacial score (nSPS) is 14.8. The average Bonchev–Trinajstić information content (AvgIpc) is 2.83.